The Morgan fingerprint density at radius 2 is 1.84 bits per heavy atom. The van der Waals surface area contributed by atoms with E-state index in [4.69, 9.17) is 0 Å². The van der Waals surface area contributed by atoms with Crippen LogP contribution >= 0.6 is 0 Å². The SMILES string of the molecule is CC(C)C1C(=O)NC(=O)CC12CCC(C)(C)CC2C. The highest BCUT2D eigenvalue weighted by molar-refractivity contribution is 5.99. The second-order valence-electron chi connectivity index (χ2n) is 7.81. The van der Waals surface area contributed by atoms with Crippen molar-refractivity contribution < 1.29 is 9.59 Å². The lowest BCUT2D eigenvalue weighted by molar-refractivity contribution is -0.154. The number of carbonyl (C=O) groups excluding carboxylic acids is 2. The van der Waals surface area contributed by atoms with Gasteiger partial charge in [0.25, 0.3) is 0 Å². The number of imide groups is 1. The minimum Gasteiger partial charge on any atom is -0.296 e. The van der Waals surface area contributed by atoms with Crippen LogP contribution in [-0.4, -0.2) is 11.8 Å². The molecule has 1 saturated carbocycles. The molecule has 2 fully saturated rings. The summed E-state index contributed by atoms with van der Waals surface area (Å²) in [7, 11) is 0. The first-order valence-corrected chi connectivity index (χ1v) is 7.52. The molecule has 3 heteroatoms. The van der Waals surface area contributed by atoms with Gasteiger partial charge in [-0.15, -0.1) is 0 Å². The van der Waals surface area contributed by atoms with Crippen LogP contribution in [0.1, 0.15) is 60.3 Å². The van der Waals surface area contributed by atoms with Crippen LogP contribution in [0, 0.1) is 28.6 Å². The van der Waals surface area contributed by atoms with Crippen molar-refractivity contribution in [3.8, 4) is 0 Å². The predicted octanol–water partition coefficient (Wildman–Crippen LogP) is 3.14. The summed E-state index contributed by atoms with van der Waals surface area (Å²) in [5.41, 5.74) is 0.228. The molecule has 1 spiro atoms. The summed E-state index contributed by atoms with van der Waals surface area (Å²) < 4.78 is 0. The highest BCUT2D eigenvalue weighted by atomic mass is 16.2. The van der Waals surface area contributed by atoms with E-state index < -0.39 is 0 Å². The predicted molar refractivity (Wildman–Crippen MR) is 75.3 cm³/mol. The van der Waals surface area contributed by atoms with Crippen molar-refractivity contribution in [3.63, 3.8) is 0 Å². The number of hydrogen-bond donors (Lipinski definition) is 1. The highest BCUT2D eigenvalue weighted by Crippen LogP contribution is 2.57. The van der Waals surface area contributed by atoms with Crippen LogP contribution < -0.4 is 5.32 Å². The minimum absolute atomic E-state index is 0.0173. The molecule has 1 heterocycles. The van der Waals surface area contributed by atoms with Gasteiger partial charge in [0.2, 0.25) is 11.8 Å². The van der Waals surface area contributed by atoms with E-state index >= 15 is 0 Å². The maximum Gasteiger partial charge on any atom is 0.230 e. The number of rotatable bonds is 1. The van der Waals surface area contributed by atoms with E-state index in [0.717, 1.165) is 19.3 Å². The zero-order valence-corrected chi connectivity index (χ0v) is 12.9. The first-order chi connectivity index (χ1) is 8.68. The van der Waals surface area contributed by atoms with Gasteiger partial charge in [0, 0.05) is 12.3 Å². The molecule has 1 aliphatic carbocycles. The van der Waals surface area contributed by atoms with Crippen molar-refractivity contribution in [3.05, 3.63) is 0 Å². The molecular formula is C16H27NO2. The van der Waals surface area contributed by atoms with Gasteiger partial charge >= 0.3 is 0 Å². The zero-order chi connectivity index (χ0) is 14.4. The Morgan fingerprint density at radius 1 is 1.21 bits per heavy atom. The summed E-state index contributed by atoms with van der Waals surface area (Å²) in [5, 5.41) is 2.55. The van der Waals surface area contributed by atoms with Gasteiger partial charge in [-0.25, -0.2) is 0 Å². The fraction of sp³-hybridized carbons (Fsp3) is 0.875. The molecule has 3 unspecified atom stereocenters. The molecule has 1 N–H and O–H groups in total. The molecular weight excluding hydrogens is 238 g/mol. The number of hydrogen-bond acceptors (Lipinski definition) is 2. The van der Waals surface area contributed by atoms with Crippen LogP contribution in [-0.2, 0) is 9.59 Å². The Morgan fingerprint density at radius 3 is 2.37 bits per heavy atom. The van der Waals surface area contributed by atoms with Gasteiger partial charge in [0.05, 0.1) is 0 Å². The summed E-state index contributed by atoms with van der Waals surface area (Å²) in [6.07, 6.45) is 3.75. The second-order valence-corrected chi connectivity index (χ2v) is 7.81. The molecule has 2 amide bonds. The van der Waals surface area contributed by atoms with Crippen molar-refractivity contribution in [1.82, 2.24) is 5.32 Å². The quantitative estimate of drug-likeness (QED) is 0.740. The first kappa shape index (κ1) is 14.5. The Kier molecular flexibility index (Phi) is 3.53. The Bertz CT molecular complexity index is 400. The lowest BCUT2D eigenvalue weighted by Crippen LogP contribution is -2.58. The summed E-state index contributed by atoms with van der Waals surface area (Å²) in [5.74, 6) is 0.581. The fourth-order valence-electron chi connectivity index (χ4n) is 4.57. The van der Waals surface area contributed by atoms with Crippen LogP contribution in [0.15, 0.2) is 0 Å². The van der Waals surface area contributed by atoms with Crippen LogP contribution in [0.2, 0.25) is 0 Å². The molecule has 2 rings (SSSR count). The number of piperidine rings is 1. The molecule has 0 aromatic carbocycles. The molecule has 0 aromatic rings. The van der Waals surface area contributed by atoms with E-state index in [1.165, 1.54) is 0 Å². The largest absolute Gasteiger partial charge is 0.296 e. The lowest BCUT2D eigenvalue weighted by Gasteiger charge is -2.54. The highest BCUT2D eigenvalue weighted by Gasteiger charge is 2.55. The smallest absolute Gasteiger partial charge is 0.230 e. The van der Waals surface area contributed by atoms with Crippen molar-refractivity contribution >= 4 is 11.8 Å². The van der Waals surface area contributed by atoms with Gasteiger partial charge in [-0.3, -0.25) is 14.9 Å². The van der Waals surface area contributed by atoms with Crippen molar-refractivity contribution in [2.45, 2.75) is 60.3 Å². The van der Waals surface area contributed by atoms with Crippen molar-refractivity contribution in [2.24, 2.45) is 28.6 Å². The van der Waals surface area contributed by atoms with E-state index in [2.05, 4.69) is 39.9 Å². The van der Waals surface area contributed by atoms with Crippen molar-refractivity contribution in [2.75, 3.05) is 0 Å². The molecule has 0 bridgehead atoms. The van der Waals surface area contributed by atoms with E-state index in [1.807, 2.05) is 0 Å². The topological polar surface area (TPSA) is 46.2 Å². The number of nitrogens with one attached hydrogen (secondary N) is 1. The summed E-state index contributed by atoms with van der Waals surface area (Å²) in [6.45, 7) is 11.0. The molecule has 0 radical (unpaired) electrons. The fourth-order valence-corrected chi connectivity index (χ4v) is 4.57. The molecule has 19 heavy (non-hydrogen) atoms. The Hall–Kier alpha value is -0.860. The summed E-state index contributed by atoms with van der Waals surface area (Å²) >= 11 is 0. The molecule has 3 atom stereocenters. The van der Waals surface area contributed by atoms with Crippen LogP contribution in [0.3, 0.4) is 0 Å². The van der Waals surface area contributed by atoms with Crippen LogP contribution in [0.25, 0.3) is 0 Å². The Balaban J connectivity index is 2.37. The van der Waals surface area contributed by atoms with E-state index in [1.54, 1.807) is 0 Å². The van der Waals surface area contributed by atoms with Gasteiger partial charge < -0.3 is 0 Å². The molecule has 0 aromatic heterocycles. The third kappa shape index (κ3) is 2.44. The molecule has 2 aliphatic rings. The lowest BCUT2D eigenvalue weighted by atomic mass is 9.51. The van der Waals surface area contributed by atoms with E-state index in [9.17, 15) is 9.59 Å². The van der Waals surface area contributed by atoms with E-state index in [0.29, 0.717) is 17.8 Å². The van der Waals surface area contributed by atoms with Gasteiger partial charge in [-0.1, -0.05) is 34.6 Å². The molecule has 1 aliphatic heterocycles. The summed E-state index contributed by atoms with van der Waals surface area (Å²) in [6, 6.07) is 0. The zero-order valence-electron chi connectivity index (χ0n) is 12.9. The minimum atomic E-state index is -0.108. The average molecular weight is 265 g/mol. The van der Waals surface area contributed by atoms with Gasteiger partial charge in [-0.2, -0.15) is 0 Å². The molecule has 1 saturated heterocycles. The van der Waals surface area contributed by atoms with Crippen molar-refractivity contribution in [1.29, 1.82) is 0 Å². The van der Waals surface area contributed by atoms with Gasteiger partial charge in [0.1, 0.15) is 0 Å². The number of amides is 2. The average Bonchev–Trinajstić information content (AvgIpc) is 2.22. The molecule has 3 nitrogen and oxygen atoms in total. The third-order valence-electron chi connectivity index (χ3n) is 5.43. The second kappa shape index (κ2) is 4.60. The maximum absolute atomic E-state index is 12.3. The Labute approximate surface area is 116 Å². The monoisotopic (exact) mass is 265 g/mol. The number of carbonyl (C=O) groups is 2. The van der Waals surface area contributed by atoms with Crippen LogP contribution in [0.5, 0.6) is 0 Å². The summed E-state index contributed by atoms with van der Waals surface area (Å²) in [4.78, 5) is 24.2. The maximum atomic E-state index is 12.3. The third-order valence-corrected chi connectivity index (χ3v) is 5.43. The standard InChI is InChI=1S/C16H27NO2/c1-10(2)13-14(19)17-12(18)9-16(13)7-6-15(4,5)8-11(16)3/h10-11,13H,6-9H2,1-5H3,(H,17,18,19). The first-order valence-electron chi connectivity index (χ1n) is 7.52. The molecule has 108 valence electrons. The normalized spacial score (nSPS) is 38.6. The van der Waals surface area contributed by atoms with Gasteiger partial charge in [-0.05, 0) is 41.9 Å². The van der Waals surface area contributed by atoms with Gasteiger partial charge in [0.15, 0.2) is 0 Å². The van der Waals surface area contributed by atoms with Crippen LogP contribution in [0.4, 0.5) is 0 Å². The van der Waals surface area contributed by atoms with E-state index in [-0.39, 0.29) is 29.1 Å².